The van der Waals surface area contributed by atoms with Gasteiger partial charge in [0, 0.05) is 18.3 Å². The molecule has 19 heavy (non-hydrogen) atoms. The van der Waals surface area contributed by atoms with E-state index in [1.165, 1.54) is 45.3 Å². The predicted octanol–water partition coefficient (Wildman–Crippen LogP) is 3.00. The first kappa shape index (κ1) is 14.5. The first-order valence-corrected chi connectivity index (χ1v) is 7.69. The molecule has 3 heteroatoms. The van der Waals surface area contributed by atoms with Crippen LogP contribution >= 0.6 is 0 Å². The van der Waals surface area contributed by atoms with Crippen LogP contribution in [0.4, 0.5) is 0 Å². The van der Waals surface area contributed by atoms with Crippen LogP contribution < -0.4 is 5.32 Å². The third-order valence-corrected chi connectivity index (χ3v) is 3.98. The highest BCUT2D eigenvalue weighted by atomic mass is 15.1. The van der Waals surface area contributed by atoms with Crippen LogP contribution in [0.1, 0.15) is 51.3 Å². The Labute approximate surface area is 117 Å². The molecule has 0 aromatic carbocycles. The molecule has 1 aliphatic heterocycles. The summed E-state index contributed by atoms with van der Waals surface area (Å²) in [6.07, 6.45) is 7.01. The summed E-state index contributed by atoms with van der Waals surface area (Å²) in [5, 5.41) is 3.75. The van der Waals surface area contributed by atoms with Crippen molar-refractivity contribution in [2.75, 3.05) is 19.6 Å². The minimum Gasteiger partial charge on any atom is -0.306 e. The largest absolute Gasteiger partial charge is 0.306 e. The van der Waals surface area contributed by atoms with Crippen LogP contribution in [-0.2, 0) is 0 Å². The molecule has 1 fully saturated rings. The number of aromatic nitrogens is 1. The van der Waals surface area contributed by atoms with Gasteiger partial charge in [-0.2, -0.15) is 0 Å². The third kappa shape index (κ3) is 4.59. The van der Waals surface area contributed by atoms with Crippen LogP contribution in [0.25, 0.3) is 0 Å². The van der Waals surface area contributed by atoms with Gasteiger partial charge in [-0.3, -0.25) is 4.98 Å². The van der Waals surface area contributed by atoms with E-state index < -0.39 is 0 Å². The van der Waals surface area contributed by atoms with Gasteiger partial charge in [-0.05, 0) is 64.4 Å². The SMILES string of the molecule is CCCN1CCCC(N[C@H](C)c2ccccn2)CC1. The molecule has 1 saturated heterocycles. The van der Waals surface area contributed by atoms with Crippen molar-refractivity contribution in [1.82, 2.24) is 15.2 Å². The van der Waals surface area contributed by atoms with Crippen LogP contribution in [0.5, 0.6) is 0 Å². The zero-order valence-electron chi connectivity index (χ0n) is 12.3. The van der Waals surface area contributed by atoms with E-state index >= 15 is 0 Å². The molecule has 1 aromatic rings. The lowest BCUT2D eigenvalue weighted by Crippen LogP contribution is -2.33. The van der Waals surface area contributed by atoms with Gasteiger partial charge >= 0.3 is 0 Å². The fraction of sp³-hybridized carbons (Fsp3) is 0.688. The summed E-state index contributed by atoms with van der Waals surface area (Å²) in [7, 11) is 0. The fourth-order valence-corrected chi connectivity index (χ4v) is 2.93. The summed E-state index contributed by atoms with van der Waals surface area (Å²) in [5.74, 6) is 0. The van der Waals surface area contributed by atoms with Crippen LogP contribution in [0.15, 0.2) is 24.4 Å². The Balaban J connectivity index is 1.83. The minimum absolute atomic E-state index is 0.351. The summed E-state index contributed by atoms with van der Waals surface area (Å²) in [6, 6.07) is 7.14. The second-order valence-electron chi connectivity index (χ2n) is 5.61. The smallest absolute Gasteiger partial charge is 0.0570 e. The molecular formula is C16H27N3. The predicted molar refractivity (Wildman–Crippen MR) is 80.2 cm³/mol. The van der Waals surface area contributed by atoms with Gasteiger partial charge in [0.1, 0.15) is 0 Å². The lowest BCUT2D eigenvalue weighted by molar-refractivity contribution is 0.281. The Bertz CT molecular complexity index is 352. The summed E-state index contributed by atoms with van der Waals surface area (Å²) in [6.45, 7) is 8.24. The maximum Gasteiger partial charge on any atom is 0.0570 e. The lowest BCUT2D eigenvalue weighted by Gasteiger charge is -2.22. The van der Waals surface area contributed by atoms with Crippen molar-refractivity contribution in [3.05, 3.63) is 30.1 Å². The normalized spacial score (nSPS) is 22.9. The Morgan fingerprint density at radius 2 is 2.26 bits per heavy atom. The average Bonchev–Trinajstić information content (AvgIpc) is 2.66. The molecule has 2 heterocycles. The Kier molecular flexibility index (Phi) is 5.80. The molecule has 1 aromatic heterocycles. The molecular weight excluding hydrogens is 234 g/mol. The topological polar surface area (TPSA) is 28.2 Å². The maximum absolute atomic E-state index is 4.44. The van der Waals surface area contributed by atoms with E-state index in [1.807, 2.05) is 12.3 Å². The van der Waals surface area contributed by atoms with Crippen molar-refractivity contribution in [1.29, 1.82) is 0 Å². The summed E-state index contributed by atoms with van der Waals surface area (Å²) >= 11 is 0. The molecule has 1 N–H and O–H groups in total. The van der Waals surface area contributed by atoms with Gasteiger partial charge in [-0.25, -0.2) is 0 Å². The minimum atomic E-state index is 0.351. The van der Waals surface area contributed by atoms with Crippen molar-refractivity contribution in [3.63, 3.8) is 0 Å². The van der Waals surface area contributed by atoms with Gasteiger partial charge in [-0.1, -0.05) is 13.0 Å². The molecule has 0 spiro atoms. The van der Waals surface area contributed by atoms with Gasteiger partial charge < -0.3 is 10.2 Å². The second kappa shape index (κ2) is 7.61. The molecule has 3 nitrogen and oxygen atoms in total. The summed E-state index contributed by atoms with van der Waals surface area (Å²) < 4.78 is 0. The zero-order valence-corrected chi connectivity index (χ0v) is 12.3. The second-order valence-corrected chi connectivity index (χ2v) is 5.61. The van der Waals surface area contributed by atoms with E-state index in [2.05, 4.69) is 41.2 Å². The van der Waals surface area contributed by atoms with Gasteiger partial charge in [0.05, 0.1) is 5.69 Å². The molecule has 1 unspecified atom stereocenters. The van der Waals surface area contributed by atoms with Crippen LogP contribution in [-0.4, -0.2) is 35.6 Å². The van der Waals surface area contributed by atoms with Crippen LogP contribution in [0.3, 0.4) is 0 Å². The van der Waals surface area contributed by atoms with E-state index in [9.17, 15) is 0 Å². The Morgan fingerprint density at radius 3 is 3.00 bits per heavy atom. The van der Waals surface area contributed by atoms with E-state index in [4.69, 9.17) is 0 Å². The van der Waals surface area contributed by atoms with E-state index in [0.29, 0.717) is 12.1 Å². The van der Waals surface area contributed by atoms with Crippen molar-refractivity contribution < 1.29 is 0 Å². The third-order valence-electron chi connectivity index (χ3n) is 3.98. The highest BCUT2D eigenvalue weighted by molar-refractivity contribution is 5.07. The Morgan fingerprint density at radius 1 is 1.37 bits per heavy atom. The fourth-order valence-electron chi connectivity index (χ4n) is 2.93. The standard InChI is InChI=1S/C16H27N3/c1-3-11-19-12-6-7-15(9-13-19)18-14(2)16-8-4-5-10-17-16/h4-5,8,10,14-15,18H,3,6-7,9,11-13H2,1-2H3/t14-,15?/m1/s1. The highest BCUT2D eigenvalue weighted by Crippen LogP contribution is 2.16. The van der Waals surface area contributed by atoms with E-state index in [0.717, 1.165) is 5.69 Å². The molecule has 0 aliphatic carbocycles. The molecule has 0 amide bonds. The van der Waals surface area contributed by atoms with Gasteiger partial charge in [0.25, 0.3) is 0 Å². The van der Waals surface area contributed by atoms with Crippen molar-refractivity contribution in [2.45, 2.75) is 51.6 Å². The molecule has 0 radical (unpaired) electrons. The van der Waals surface area contributed by atoms with Crippen molar-refractivity contribution >= 4 is 0 Å². The van der Waals surface area contributed by atoms with Crippen molar-refractivity contribution in [3.8, 4) is 0 Å². The number of pyridine rings is 1. The highest BCUT2D eigenvalue weighted by Gasteiger charge is 2.18. The van der Waals surface area contributed by atoms with Crippen molar-refractivity contribution in [2.24, 2.45) is 0 Å². The number of nitrogens with zero attached hydrogens (tertiary/aromatic N) is 2. The van der Waals surface area contributed by atoms with E-state index in [1.54, 1.807) is 0 Å². The molecule has 0 bridgehead atoms. The summed E-state index contributed by atoms with van der Waals surface area (Å²) in [4.78, 5) is 7.04. The van der Waals surface area contributed by atoms with E-state index in [-0.39, 0.29) is 0 Å². The van der Waals surface area contributed by atoms with Gasteiger partial charge in [0.2, 0.25) is 0 Å². The quantitative estimate of drug-likeness (QED) is 0.883. The monoisotopic (exact) mass is 261 g/mol. The molecule has 106 valence electrons. The number of hydrogen-bond donors (Lipinski definition) is 1. The van der Waals surface area contributed by atoms with Crippen LogP contribution in [0, 0.1) is 0 Å². The zero-order chi connectivity index (χ0) is 13.5. The number of rotatable bonds is 5. The molecule has 1 aliphatic rings. The van der Waals surface area contributed by atoms with Crippen LogP contribution in [0.2, 0.25) is 0 Å². The molecule has 2 atom stereocenters. The average molecular weight is 261 g/mol. The molecule has 0 saturated carbocycles. The summed E-state index contributed by atoms with van der Waals surface area (Å²) in [5.41, 5.74) is 1.15. The number of likely N-dealkylation sites (tertiary alicyclic amines) is 1. The van der Waals surface area contributed by atoms with Gasteiger partial charge in [-0.15, -0.1) is 0 Å². The maximum atomic E-state index is 4.44. The lowest BCUT2D eigenvalue weighted by atomic mass is 10.1. The Hall–Kier alpha value is -0.930. The molecule has 2 rings (SSSR count). The first-order valence-electron chi connectivity index (χ1n) is 7.69. The van der Waals surface area contributed by atoms with Gasteiger partial charge in [0.15, 0.2) is 0 Å². The number of nitrogens with one attached hydrogen (secondary N) is 1. The first-order chi connectivity index (χ1) is 9.29. The number of hydrogen-bond acceptors (Lipinski definition) is 3.